The molecule has 14 heavy (non-hydrogen) atoms. The van der Waals surface area contributed by atoms with E-state index < -0.39 is 8.07 Å². The molecule has 1 aromatic rings. The minimum Gasteiger partial charge on any atom is -0.266 e. The van der Waals surface area contributed by atoms with E-state index in [4.69, 9.17) is 5.26 Å². The highest BCUT2D eigenvalue weighted by molar-refractivity contribution is 6.88. The molecule has 0 aliphatic carbocycles. The molecule has 0 aliphatic rings. The first-order valence-corrected chi connectivity index (χ1v) is 8.31. The van der Waals surface area contributed by atoms with Gasteiger partial charge in [-0.05, 0) is 24.6 Å². The van der Waals surface area contributed by atoms with Crippen molar-refractivity contribution in [2.24, 2.45) is 0 Å². The Labute approximate surface area is 86.6 Å². The summed E-state index contributed by atoms with van der Waals surface area (Å²) in [5, 5.41) is 10.0. The molecule has 0 N–H and O–H groups in total. The molecule has 0 saturated heterocycles. The Balaban J connectivity index is 3.09. The largest absolute Gasteiger partial charge is 0.266 e. The van der Waals surface area contributed by atoms with Crippen LogP contribution in [0.1, 0.15) is 18.4 Å². The molecule has 1 heterocycles. The van der Waals surface area contributed by atoms with E-state index in [2.05, 4.69) is 36.8 Å². The quantitative estimate of drug-likeness (QED) is 0.693. The normalized spacial score (nSPS) is 13.4. The molecule has 2 nitrogen and oxygen atoms in total. The van der Waals surface area contributed by atoms with Crippen molar-refractivity contribution in [2.75, 3.05) is 0 Å². The first-order valence-electron chi connectivity index (χ1n) is 4.81. The van der Waals surface area contributed by atoms with Gasteiger partial charge >= 0.3 is 0 Å². The third-order valence-corrected chi connectivity index (χ3v) is 4.06. The van der Waals surface area contributed by atoms with Gasteiger partial charge in [-0.1, -0.05) is 19.6 Å². The smallest absolute Gasteiger partial charge is 0.101 e. The van der Waals surface area contributed by atoms with E-state index in [-0.39, 0.29) is 5.92 Å². The van der Waals surface area contributed by atoms with E-state index >= 15 is 0 Å². The van der Waals surface area contributed by atoms with E-state index in [9.17, 15) is 0 Å². The second-order valence-electron chi connectivity index (χ2n) is 4.58. The lowest BCUT2D eigenvalue weighted by Crippen LogP contribution is -2.40. The van der Waals surface area contributed by atoms with Crippen LogP contribution >= 0.6 is 0 Å². The van der Waals surface area contributed by atoms with E-state index in [1.807, 2.05) is 19.2 Å². The van der Waals surface area contributed by atoms with Gasteiger partial charge in [-0.25, -0.2) is 0 Å². The minimum absolute atomic E-state index is 0.0342. The first-order chi connectivity index (χ1) is 6.45. The van der Waals surface area contributed by atoms with Crippen LogP contribution in [0.4, 0.5) is 0 Å². The lowest BCUT2D eigenvalue weighted by atomic mass is 10.1. The maximum absolute atomic E-state index is 8.82. The monoisotopic (exact) mass is 204 g/mol. The predicted octanol–water partition coefficient (Wildman–Crippen LogP) is 2.25. The highest BCUT2D eigenvalue weighted by Crippen LogP contribution is 2.12. The van der Waals surface area contributed by atoms with Crippen LogP contribution in [0.25, 0.3) is 0 Å². The molecule has 1 atom stereocenters. The van der Waals surface area contributed by atoms with Crippen LogP contribution in [0.3, 0.4) is 0 Å². The van der Waals surface area contributed by atoms with Gasteiger partial charge in [0.25, 0.3) is 0 Å². The third kappa shape index (κ3) is 2.42. The van der Waals surface area contributed by atoms with Crippen LogP contribution < -0.4 is 5.32 Å². The summed E-state index contributed by atoms with van der Waals surface area (Å²) in [6, 6.07) is 6.26. The molecule has 0 saturated carbocycles. The highest BCUT2D eigenvalue weighted by atomic mass is 28.3. The number of aromatic nitrogens is 1. The van der Waals surface area contributed by atoms with Crippen molar-refractivity contribution >= 4 is 13.4 Å². The van der Waals surface area contributed by atoms with Crippen molar-refractivity contribution < 1.29 is 0 Å². The summed E-state index contributed by atoms with van der Waals surface area (Å²) in [5.41, 5.74) is 1.08. The van der Waals surface area contributed by atoms with Crippen molar-refractivity contribution in [1.29, 1.82) is 5.26 Å². The zero-order valence-electron chi connectivity index (χ0n) is 9.20. The summed E-state index contributed by atoms with van der Waals surface area (Å²) in [6.45, 7) is 8.70. The minimum atomic E-state index is -1.34. The van der Waals surface area contributed by atoms with Crippen molar-refractivity contribution in [3.8, 4) is 6.07 Å². The van der Waals surface area contributed by atoms with Gasteiger partial charge in [0.2, 0.25) is 0 Å². The Morgan fingerprint density at radius 3 is 2.57 bits per heavy atom. The van der Waals surface area contributed by atoms with Gasteiger partial charge < -0.3 is 0 Å². The summed E-state index contributed by atoms with van der Waals surface area (Å²) < 4.78 is 0. The molecular formula is C11H16N2Si. The van der Waals surface area contributed by atoms with Crippen molar-refractivity contribution in [1.82, 2.24) is 4.98 Å². The van der Waals surface area contributed by atoms with Crippen LogP contribution in [0.15, 0.2) is 18.3 Å². The SMILES string of the molecule is CC(C#N)c1ccnc([Si](C)(C)C)c1. The number of nitrogens with zero attached hydrogens (tertiary/aromatic N) is 2. The van der Waals surface area contributed by atoms with Crippen LogP contribution in [0.2, 0.25) is 19.6 Å². The van der Waals surface area contributed by atoms with E-state index in [0.29, 0.717) is 0 Å². The second kappa shape index (κ2) is 3.93. The topological polar surface area (TPSA) is 36.7 Å². The Kier molecular flexibility index (Phi) is 3.07. The summed E-state index contributed by atoms with van der Waals surface area (Å²) in [5.74, 6) is -0.0342. The van der Waals surface area contributed by atoms with Gasteiger partial charge in [-0.2, -0.15) is 5.26 Å². The van der Waals surface area contributed by atoms with Gasteiger partial charge in [0.05, 0.1) is 12.0 Å². The summed E-state index contributed by atoms with van der Waals surface area (Å²) in [7, 11) is -1.34. The fourth-order valence-electron chi connectivity index (χ4n) is 1.20. The Hall–Kier alpha value is -1.14. The molecule has 0 amide bonds. The Morgan fingerprint density at radius 1 is 1.43 bits per heavy atom. The van der Waals surface area contributed by atoms with Gasteiger partial charge in [0.1, 0.15) is 8.07 Å². The van der Waals surface area contributed by atoms with E-state index in [1.54, 1.807) is 0 Å². The van der Waals surface area contributed by atoms with Crippen molar-refractivity contribution in [3.63, 3.8) is 0 Å². The van der Waals surface area contributed by atoms with E-state index in [1.165, 1.54) is 5.32 Å². The molecule has 0 aliphatic heterocycles. The number of rotatable bonds is 2. The number of pyridine rings is 1. The average molecular weight is 204 g/mol. The molecule has 74 valence electrons. The number of nitriles is 1. The summed E-state index contributed by atoms with van der Waals surface area (Å²) >= 11 is 0. The highest BCUT2D eigenvalue weighted by Gasteiger charge is 2.19. The number of hydrogen-bond donors (Lipinski definition) is 0. The average Bonchev–Trinajstić information content (AvgIpc) is 2.15. The molecule has 1 rings (SSSR count). The maximum Gasteiger partial charge on any atom is 0.101 e. The van der Waals surface area contributed by atoms with Gasteiger partial charge in [-0.15, -0.1) is 0 Å². The van der Waals surface area contributed by atoms with Crippen LogP contribution in [0.5, 0.6) is 0 Å². The van der Waals surface area contributed by atoms with Crippen molar-refractivity contribution in [2.45, 2.75) is 32.5 Å². The zero-order chi connectivity index (χ0) is 10.8. The van der Waals surface area contributed by atoms with E-state index in [0.717, 1.165) is 5.56 Å². The Bertz CT molecular complexity index is 360. The molecule has 0 radical (unpaired) electrons. The molecule has 0 spiro atoms. The Morgan fingerprint density at radius 2 is 2.07 bits per heavy atom. The maximum atomic E-state index is 8.82. The molecule has 0 fully saturated rings. The molecule has 1 aromatic heterocycles. The van der Waals surface area contributed by atoms with Crippen LogP contribution in [-0.4, -0.2) is 13.1 Å². The van der Waals surface area contributed by atoms with Gasteiger partial charge in [-0.3, -0.25) is 4.98 Å². The molecule has 3 heteroatoms. The first kappa shape index (κ1) is 10.9. The summed E-state index contributed by atoms with van der Waals surface area (Å²) in [6.07, 6.45) is 1.82. The molecule has 1 unspecified atom stereocenters. The van der Waals surface area contributed by atoms with Crippen LogP contribution in [0, 0.1) is 11.3 Å². The summed E-state index contributed by atoms with van der Waals surface area (Å²) in [4.78, 5) is 4.38. The van der Waals surface area contributed by atoms with Crippen LogP contribution in [-0.2, 0) is 0 Å². The fraction of sp³-hybridized carbons (Fsp3) is 0.455. The molecule has 0 bridgehead atoms. The van der Waals surface area contributed by atoms with Gasteiger partial charge in [0, 0.05) is 11.5 Å². The standard InChI is InChI=1S/C11H16N2Si/c1-9(8-12)10-5-6-13-11(7-10)14(2,3)4/h5-7,9H,1-4H3. The zero-order valence-corrected chi connectivity index (χ0v) is 10.2. The van der Waals surface area contributed by atoms with Gasteiger partial charge in [0.15, 0.2) is 0 Å². The fourth-order valence-corrected chi connectivity index (χ4v) is 2.26. The third-order valence-electron chi connectivity index (χ3n) is 2.25. The molecular weight excluding hydrogens is 188 g/mol. The predicted molar refractivity (Wildman–Crippen MR) is 61.2 cm³/mol. The molecule has 0 aromatic carbocycles. The van der Waals surface area contributed by atoms with Crippen molar-refractivity contribution in [3.05, 3.63) is 23.9 Å². The second-order valence-corrected chi connectivity index (χ2v) is 9.59. The lowest BCUT2D eigenvalue weighted by molar-refractivity contribution is 0.978. The number of hydrogen-bond acceptors (Lipinski definition) is 2. The lowest BCUT2D eigenvalue weighted by Gasteiger charge is -2.16.